The van der Waals surface area contributed by atoms with Gasteiger partial charge < -0.3 is 5.73 Å². The normalized spacial score (nSPS) is 30.8. The van der Waals surface area contributed by atoms with Crippen molar-refractivity contribution in [2.75, 3.05) is 0 Å². The Morgan fingerprint density at radius 3 is 2.81 bits per heavy atom. The number of nitrogens with zero attached hydrogens (tertiary/aromatic N) is 4. The fourth-order valence-electron chi connectivity index (χ4n) is 2.03. The maximum atomic E-state index is 6.27. The lowest BCUT2D eigenvalue weighted by Crippen LogP contribution is -2.51. The number of nitrogens with two attached hydrogens (primary N) is 1. The largest absolute Gasteiger partial charge is 0.302 e. The molecule has 0 fully saturated rings. The first-order valence-electron chi connectivity index (χ1n) is 5.14. The summed E-state index contributed by atoms with van der Waals surface area (Å²) in [5.74, 6) is 0.897. The number of hydrogen-bond donors (Lipinski definition) is 1. The van der Waals surface area contributed by atoms with Crippen LogP contribution in [0.1, 0.15) is 6.42 Å². The third-order valence-electron chi connectivity index (χ3n) is 2.83. The molecule has 3 aliphatic rings. The summed E-state index contributed by atoms with van der Waals surface area (Å²) < 4.78 is 0. The summed E-state index contributed by atoms with van der Waals surface area (Å²) in [6.45, 7) is 0. The highest BCUT2D eigenvalue weighted by Crippen LogP contribution is 2.26. The van der Waals surface area contributed by atoms with Gasteiger partial charge in [-0.1, -0.05) is 24.3 Å². The van der Waals surface area contributed by atoms with Gasteiger partial charge in [0.05, 0.1) is 0 Å². The molecule has 2 aliphatic heterocycles. The van der Waals surface area contributed by atoms with Crippen molar-refractivity contribution in [3.05, 3.63) is 24.3 Å². The van der Waals surface area contributed by atoms with E-state index >= 15 is 0 Å². The predicted octanol–water partition coefficient (Wildman–Crippen LogP) is 0.697. The molecule has 5 heteroatoms. The molecule has 0 amide bonds. The van der Waals surface area contributed by atoms with Crippen molar-refractivity contribution in [1.29, 1.82) is 0 Å². The SMILES string of the molecule is NC1(CC2C=CC=C2)N=CN=C2N=CN=C21. The standard InChI is InChI=1S/C11H11N5/c12-11(5-8-3-1-2-4-8)9-10(14-6-13-9)15-7-16-11/h1-4,6-8H,5,12H2. The summed E-state index contributed by atoms with van der Waals surface area (Å²) in [7, 11) is 0. The quantitative estimate of drug-likeness (QED) is 0.720. The van der Waals surface area contributed by atoms with Crippen LogP contribution in [0.15, 0.2) is 44.3 Å². The van der Waals surface area contributed by atoms with Gasteiger partial charge in [0.1, 0.15) is 18.4 Å². The molecule has 0 radical (unpaired) electrons. The van der Waals surface area contributed by atoms with Crippen LogP contribution in [0.25, 0.3) is 0 Å². The van der Waals surface area contributed by atoms with Crippen LogP contribution in [0.5, 0.6) is 0 Å². The van der Waals surface area contributed by atoms with E-state index in [0.717, 1.165) is 0 Å². The molecule has 80 valence electrons. The molecular weight excluding hydrogens is 202 g/mol. The zero-order chi connectivity index (χ0) is 11.0. The van der Waals surface area contributed by atoms with Crippen molar-refractivity contribution in [2.24, 2.45) is 31.6 Å². The van der Waals surface area contributed by atoms with Gasteiger partial charge in [0.15, 0.2) is 11.5 Å². The number of hydrogen-bond acceptors (Lipinski definition) is 5. The van der Waals surface area contributed by atoms with Crippen LogP contribution < -0.4 is 5.73 Å². The Labute approximate surface area is 92.9 Å². The van der Waals surface area contributed by atoms with Crippen LogP contribution in [0, 0.1) is 5.92 Å². The van der Waals surface area contributed by atoms with E-state index < -0.39 is 5.66 Å². The highest BCUT2D eigenvalue weighted by molar-refractivity contribution is 6.50. The number of allylic oxidation sites excluding steroid dienone is 4. The molecule has 0 spiro atoms. The fraction of sp³-hybridized carbons (Fsp3) is 0.273. The number of amidine groups is 1. The van der Waals surface area contributed by atoms with Crippen molar-refractivity contribution < 1.29 is 0 Å². The number of aliphatic imine (C=N–C) groups is 4. The van der Waals surface area contributed by atoms with Crippen molar-refractivity contribution in [2.45, 2.75) is 12.1 Å². The van der Waals surface area contributed by atoms with Crippen LogP contribution in [0.3, 0.4) is 0 Å². The molecule has 3 rings (SSSR count). The molecule has 0 aromatic rings. The average molecular weight is 213 g/mol. The summed E-state index contributed by atoms with van der Waals surface area (Å²) >= 11 is 0. The van der Waals surface area contributed by atoms with Crippen LogP contribution in [0.2, 0.25) is 0 Å². The number of rotatable bonds is 2. The Bertz CT molecular complexity index is 483. The summed E-state index contributed by atoms with van der Waals surface area (Å²) in [5.41, 5.74) is 6.14. The van der Waals surface area contributed by atoms with Gasteiger partial charge in [-0.2, -0.15) is 0 Å². The van der Waals surface area contributed by atoms with Crippen LogP contribution in [0.4, 0.5) is 0 Å². The Morgan fingerprint density at radius 1 is 1.19 bits per heavy atom. The van der Waals surface area contributed by atoms with Crippen molar-refractivity contribution in [1.82, 2.24) is 0 Å². The molecule has 5 nitrogen and oxygen atoms in total. The van der Waals surface area contributed by atoms with Gasteiger partial charge in [-0.05, 0) is 5.92 Å². The van der Waals surface area contributed by atoms with Gasteiger partial charge in [0, 0.05) is 6.42 Å². The van der Waals surface area contributed by atoms with E-state index in [2.05, 4.69) is 32.1 Å². The van der Waals surface area contributed by atoms with Gasteiger partial charge >= 0.3 is 0 Å². The van der Waals surface area contributed by atoms with E-state index in [0.29, 0.717) is 23.9 Å². The van der Waals surface area contributed by atoms with E-state index in [1.807, 2.05) is 12.2 Å². The molecular formula is C11H11N5. The third-order valence-corrected chi connectivity index (χ3v) is 2.83. The van der Waals surface area contributed by atoms with Crippen molar-refractivity contribution >= 4 is 24.2 Å². The van der Waals surface area contributed by atoms with Gasteiger partial charge in [-0.25, -0.2) is 20.0 Å². The third kappa shape index (κ3) is 1.37. The minimum atomic E-state index is -0.794. The predicted molar refractivity (Wildman–Crippen MR) is 65.2 cm³/mol. The van der Waals surface area contributed by atoms with E-state index in [9.17, 15) is 0 Å². The molecule has 16 heavy (non-hydrogen) atoms. The first-order valence-corrected chi connectivity index (χ1v) is 5.14. The monoisotopic (exact) mass is 213 g/mol. The highest BCUT2D eigenvalue weighted by Gasteiger charge is 2.38. The van der Waals surface area contributed by atoms with Crippen molar-refractivity contribution in [3.8, 4) is 0 Å². The molecule has 0 saturated carbocycles. The summed E-state index contributed by atoms with van der Waals surface area (Å²) in [5, 5.41) is 0. The highest BCUT2D eigenvalue weighted by atomic mass is 15.2. The maximum Gasteiger partial charge on any atom is 0.180 e. The Kier molecular flexibility index (Phi) is 1.94. The first-order chi connectivity index (χ1) is 7.78. The second-order valence-corrected chi connectivity index (χ2v) is 3.98. The first kappa shape index (κ1) is 9.35. The molecule has 2 heterocycles. The van der Waals surface area contributed by atoms with Gasteiger partial charge in [-0.3, -0.25) is 0 Å². The second kappa shape index (κ2) is 3.31. The Balaban J connectivity index is 1.88. The summed E-state index contributed by atoms with van der Waals surface area (Å²) in [6.07, 6.45) is 11.9. The molecule has 2 N–H and O–H groups in total. The minimum Gasteiger partial charge on any atom is -0.302 e. The zero-order valence-electron chi connectivity index (χ0n) is 8.61. The zero-order valence-corrected chi connectivity index (χ0v) is 8.61. The lowest BCUT2D eigenvalue weighted by Gasteiger charge is -2.28. The van der Waals surface area contributed by atoms with Crippen molar-refractivity contribution in [3.63, 3.8) is 0 Å². The van der Waals surface area contributed by atoms with Gasteiger partial charge in [0.25, 0.3) is 0 Å². The topological polar surface area (TPSA) is 75.5 Å². The van der Waals surface area contributed by atoms with Crippen LogP contribution in [-0.2, 0) is 0 Å². The Hall–Kier alpha value is -1.88. The molecule has 1 unspecified atom stereocenters. The smallest absolute Gasteiger partial charge is 0.180 e. The van der Waals surface area contributed by atoms with Crippen LogP contribution >= 0.6 is 0 Å². The summed E-state index contributed by atoms with van der Waals surface area (Å²) in [6, 6.07) is 0. The van der Waals surface area contributed by atoms with E-state index in [4.69, 9.17) is 5.73 Å². The molecule has 0 saturated heterocycles. The second-order valence-electron chi connectivity index (χ2n) is 3.98. The molecule has 0 aromatic heterocycles. The summed E-state index contributed by atoms with van der Waals surface area (Å²) in [4.78, 5) is 16.5. The molecule has 0 bridgehead atoms. The maximum absolute atomic E-state index is 6.27. The van der Waals surface area contributed by atoms with E-state index in [1.54, 1.807) is 0 Å². The lowest BCUT2D eigenvalue weighted by atomic mass is 9.91. The Morgan fingerprint density at radius 2 is 2.00 bits per heavy atom. The van der Waals surface area contributed by atoms with E-state index in [1.165, 1.54) is 12.7 Å². The van der Waals surface area contributed by atoms with Crippen LogP contribution in [-0.4, -0.2) is 29.9 Å². The number of fused-ring (bicyclic) bond motifs is 1. The molecule has 1 atom stereocenters. The van der Waals surface area contributed by atoms with Gasteiger partial charge in [-0.15, -0.1) is 0 Å². The minimum absolute atomic E-state index is 0.310. The van der Waals surface area contributed by atoms with Gasteiger partial charge in [0.2, 0.25) is 0 Å². The molecule has 0 aromatic carbocycles. The van der Waals surface area contributed by atoms with E-state index in [-0.39, 0.29) is 0 Å². The molecule has 1 aliphatic carbocycles. The lowest BCUT2D eigenvalue weighted by molar-refractivity contribution is 0.506. The fourth-order valence-corrected chi connectivity index (χ4v) is 2.03. The average Bonchev–Trinajstić information content (AvgIpc) is 2.88.